The van der Waals surface area contributed by atoms with E-state index in [1.807, 2.05) is 18.2 Å². The second-order valence-corrected chi connectivity index (χ2v) is 5.35. The lowest BCUT2D eigenvalue weighted by atomic mass is 9.75. The molecule has 2 rings (SSSR count). The number of ether oxygens (including phenoxy) is 1. The minimum Gasteiger partial charge on any atom is -0.465 e. The number of unbranched alkanes of at least 4 members (excludes halogenated alkanes) is 1. The first-order chi connectivity index (χ1) is 10.8. The highest BCUT2D eigenvalue weighted by Gasteiger charge is 2.28. The predicted molar refractivity (Wildman–Crippen MR) is 86.4 cm³/mol. The lowest BCUT2D eigenvalue weighted by Gasteiger charge is -2.27. The zero-order valence-electron chi connectivity index (χ0n) is 13.4. The maximum Gasteiger partial charge on any atom is 0.494 e. The van der Waals surface area contributed by atoms with Crippen molar-refractivity contribution in [1.82, 2.24) is 4.90 Å². The molecule has 0 aromatic heterocycles. The first kappa shape index (κ1) is 17.0. The minimum absolute atomic E-state index is 0.366. The number of hydrogen-bond acceptors (Lipinski definition) is 5. The van der Waals surface area contributed by atoms with Crippen LogP contribution in [0.3, 0.4) is 0 Å². The van der Waals surface area contributed by atoms with E-state index in [1.165, 1.54) is 20.0 Å². The summed E-state index contributed by atoms with van der Waals surface area (Å²) in [6, 6.07) is 7.28. The van der Waals surface area contributed by atoms with E-state index in [0.717, 1.165) is 25.1 Å². The van der Waals surface area contributed by atoms with Gasteiger partial charge in [-0.25, -0.2) is 4.79 Å². The van der Waals surface area contributed by atoms with E-state index in [4.69, 9.17) is 14.0 Å². The van der Waals surface area contributed by atoms with Crippen molar-refractivity contribution in [3.05, 3.63) is 29.8 Å². The van der Waals surface area contributed by atoms with Gasteiger partial charge in [0.15, 0.2) is 0 Å². The summed E-state index contributed by atoms with van der Waals surface area (Å²) in [5.74, 6) is -0.366. The summed E-state index contributed by atoms with van der Waals surface area (Å²) in [7, 11) is 0.869. The quantitative estimate of drug-likeness (QED) is 0.606. The number of esters is 1. The Balaban J connectivity index is 2.01. The molecule has 0 atom stereocenters. The zero-order chi connectivity index (χ0) is 15.8. The Morgan fingerprint density at radius 1 is 1.27 bits per heavy atom. The molecule has 1 saturated heterocycles. The van der Waals surface area contributed by atoms with Crippen LogP contribution in [0.4, 0.5) is 0 Å². The van der Waals surface area contributed by atoms with Crippen molar-refractivity contribution in [2.24, 2.45) is 0 Å². The van der Waals surface area contributed by atoms with E-state index in [2.05, 4.69) is 11.8 Å². The van der Waals surface area contributed by atoms with Gasteiger partial charge in [0.05, 0.1) is 12.7 Å². The van der Waals surface area contributed by atoms with Gasteiger partial charge in [0.25, 0.3) is 0 Å². The standard InChI is InChI=1S/C16H24BNO4/c1-3-4-9-18-10-12-21-17(22-13-11-18)15-8-6-5-7-14(15)16(19)20-2/h5-8H,3-4,9-13H2,1-2H3. The summed E-state index contributed by atoms with van der Waals surface area (Å²) in [4.78, 5) is 14.2. The Hall–Kier alpha value is -1.37. The summed E-state index contributed by atoms with van der Waals surface area (Å²) < 4.78 is 16.5. The number of methoxy groups -OCH3 is 1. The molecule has 0 aliphatic carbocycles. The van der Waals surface area contributed by atoms with Crippen molar-refractivity contribution in [1.29, 1.82) is 0 Å². The highest BCUT2D eigenvalue weighted by molar-refractivity contribution is 6.62. The third-order valence-corrected chi connectivity index (χ3v) is 3.80. The first-order valence-electron chi connectivity index (χ1n) is 7.89. The van der Waals surface area contributed by atoms with E-state index in [1.54, 1.807) is 6.07 Å². The SMILES string of the molecule is CCCCN1CCOB(c2ccccc2C(=O)OC)OCC1. The summed E-state index contributed by atoms with van der Waals surface area (Å²) >= 11 is 0. The maximum atomic E-state index is 11.9. The van der Waals surface area contributed by atoms with Crippen LogP contribution >= 0.6 is 0 Å². The molecule has 1 aromatic carbocycles. The second-order valence-electron chi connectivity index (χ2n) is 5.35. The van der Waals surface area contributed by atoms with Crippen LogP contribution in [0.25, 0.3) is 0 Å². The van der Waals surface area contributed by atoms with Gasteiger partial charge in [-0.05, 0) is 24.5 Å². The van der Waals surface area contributed by atoms with Crippen LogP contribution in [0.2, 0.25) is 0 Å². The fraction of sp³-hybridized carbons (Fsp3) is 0.562. The van der Waals surface area contributed by atoms with E-state index < -0.39 is 7.12 Å². The van der Waals surface area contributed by atoms with Crippen LogP contribution in [-0.4, -0.2) is 57.9 Å². The van der Waals surface area contributed by atoms with E-state index in [-0.39, 0.29) is 5.97 Å². The summed E-state index contributed by atoms with van der Waals surface area (Å²) in [6.07, 6.45) is 2.38. The average Bonchev–Trinajstić information content (AvgIpc) is 2.53. The highest BCUT2D eigenvalue weighted by atomic mass is 16.6. The molecular formula is C16H24BNO4. The average molecular weight is 305 g/mol. The fourth-order valence-corrected chi connectivity index (χ4v) is 2.52. The van der Waals surface area contributed by atoms with Gasteiger partial charge in [-0.1, -0.05) is 31.5 Å². The first-order valence-corrected chi connectivity index (χ1v) is 7.89. The molecule has 5 nitrogen and oxygen atoms in total. The lowest BCUT2D eigenvalue weighted by Crippen LogP contribution is -2.46. The van der Waals surface area contributed by atoms with Crippen molar-refractivity contribution in [2.75, 3.05) is 40.0 Å². The zero-order valence-corrected chi connectivity index (χ0v) is 13.4. The molecule has 1 heterocycles. The Labute approximate surface area is 132 Å². The Bertz CT molecular complexity index is 473. The molecule has 0 N–H and O–H groups in total. The smallest absolute Gasteiger partial charge is 0.465 e. The van der Waals surface area contributed by atoms with E-state index >= 15 is 0 Å². The van der Waals surface area contributed by atoms with Gasteiger partial charge in [-0.3, -0.25) is 4.90 Å². The van der Waals surface area contributed by atoms with Crippen molar-refractivity contribution >= 4 is 18.6 Å². The summed E-state index contributed by atoms with van der Waals surface area (Å²) in [6.45, 7) is 6.22. The van der Waals surface area contributed by atoms with Crippen molar-refractivity contribution in [3.8, 4) is 0 Å². The number of rotatable bonds is 5. The molecule has 0 spiro atoms. The molecule has 0 unspecified atom stereocenters. The molecule has 6 heteroatoms. The molecule has 0 amide bonds. The van der Waals surface area contributed by atoms with E-state index in [0.29, 0.717) is 18.8 Å². The Kier molecular flexibility index (Phi) is 6.90. The van der Waals surface area contributed by atoms with Gasteiger partial charge in [-0.2, -0.15) is 0 Å². The molecule has 1 aromatic rings. The number of nitrogens with zero attached hydrogens (tertiary/aromatic N) is 1. The van der Waals surface area contributed by atoms with E-state index in [9.17, 15) is 4.79 Å². The van der Waals surface area contributed by atoms with Crippen LogP contribution in [-0.2, 0) is 14.0 Å². The molecule has 0 saturated carbocycles. The van der Waals surface area contributed by atoms with Crippen LogP contribution < -0.4 is 5.46 Å². The normalized spacial score (nSPS) is 16.9. The number of carbonyl (C=O) groups excluding carboxylic acids is 1. The summed E-state index contributed by atoms with van der Waals surface area (Å²) in [5.41, 5.74) is 1.23. The summed E-state index contributed by atoms with van der Waals surface area (Å²) in [5, 5.41) is 0. The van der Waals surface area contributed by atoms with Crippen LogP contribution in [0.1, 0.15) is 30.1 Å². The largest absolute Gasteiger partial charge is 0.494 e. The van der Waals surface area contributed by atoms with Gasteiger partial charge < -0.3 is 14.0 Å². The third kappa shape index (κ3) is 4.56. The Morgan fingerprint density at radius 2 is 1.95 bits per heavy atom. The van der Waals surface area contributed by atoms with Gasteiger partial charge >= 0.3 is 13.1 Å². The van der Waals surface area contributed by atoms with Gasteiger partial charge in [0.1, 0.15) is 0 Å². The van der Waals surface area contributed by atoms with Gasteiger partial charge in [0.2, 0.25) is 0 Å². The van der Waals surface area contributed by atoms with Crippen LogP contribution in [0, 0.1) is 0 Å². The van der Waals surface area contributed by atoms with Gasteiger partial charge in [0, 0.05) is 26.3 Å². The molecule has 1 fully saturated rings. The molecule has 0 bridgehead atoms. The highest BCUT2D eigenvalue weighted by Crippen LogP contribution is 2.06. The van der Waals surface area contributed by atoms with Crippen LogP contribution in [0.15, 0.2) is 24.3 Å². The van der Waals surface area contributed by atoms with Crippen molar-refractivity contribution in [2.45, 2.75) is 19.8 Å². The molecule has 22 heavy (non-hydrogen) atoms. The van der Waals surface area contributed by atoms with Crippen LogP contribution in [0.5, 0.6) is 0 Å². The number of hydrogen-bond donors (Lipinski definition) is 0. The molecule has 0 radical (unpaired) electrons. The van der Waals surface area contributed by atoms with Crippen molar-refractivity contribution in [3.63, 3.8) is 0 Å². The second kappa shape index (κ2) is 8.93. The minimum atomic E-state index is -0.511. The number of carbonyl (C=O) groups is 1. The maximum absolute atomic E-state index is 11.9. The molecule has 1 aliphatic rings. The Morgan fingerprint density at radius 3 is 2.59 bits per heavy atom. The topological polar surface area (TPSA) is 48.0 Å². The number of benzene rings is 1. The molecular weight excluding hydrogens is 281 g/mol. The van der Waals surface area contributed by atoms with Gasteiger partial charge in [-0.15, -0.1) is 0 Å². The fourth-order valence-electron chi connectivity index (χ4n) is 2.52. The predicted octanol–water partition coefficient (Wildman–Crippen LogP) is 1.32. The lowest BCUT2D eigenvalue weighted by molar-refractivity contribution is 0.0600. The molecule has 120 valence electrons. The van der Waals surface area contributed by atoms with Crippen molar-refractivity contribution < 1.29 is 18.8 Å². The molecule has 1 aliphatic heterocycles. The monoisotopic (exact) mass is 305 g/mol. The third-order valence-electron chi connectivity index (χ3n) is 3.80.